The van der Waals surface area contributed by atoms with Gasteiger partial charge in [0.15, 0.2) is 0 Å². The van der Waals surface area contributed by atoms with E-state index in [-0.39, 0.29) is 0 Å². The molecule has 2 aromatic rings. The van der Waals surface area contributed by atoms with Crippen LogP contribution in [0.5, 0.6) is 0 Å². The number of rotatable bonds is 7. The predicted octanol–water partition coefficient (Wildman–Crippen LogP) is 4.42. The number of hydrogen-bond acceptors (Lipinski definition) is 3. The van der Waals surface area contributed by atoms with Gasteiger partial charge in [-0.3, -0.25) is 4.98 Å². The maximum atomic E-state index is 4.22. The van der Waals surface area contributed by atoms with Gasteiger partial charge in [0, 0.05) is 34.8 Å². The molecule has 2 unspecified atom stereocenters. The van der Waals surface area contributed by atoms with Gasteiger partial charge in [-0.05, 0) is 30.0 Å². The summed E-state index contributed by atoms with van der Waals surface area (Å²) in [7, 11) is 0. The van der Waals surface area contributed by atoms with Crippen molar-refractivity contribution in [3.05, 3.63) is 42.2 Å². The van der Waals surface area contributed by atoms with Gasteiger partial charge in [-0.1, -0.05) is 39.0 Å². The van der Waals surface area contributed by atoms with Crippen LogP contribution in [0, 0.1) is 0 Å². The van der Waals surface area contributed by atoms with Crippen LogP contribution in [0.1, 0.15) is 38.8 Å². The highest BCUT2D eigenvalue weighted by Gasteiger charge is 2.14. The van der Waals surface area contributed by atoms with Gasteiger partial charge < -0.3 is 5.32 Å². The third-order valence-electron chi connectivity index (χ3n) is 3.66. The van der Waals surface area contributed by atoms with E-state index < -0.39 is 0 Å². The Kier molecular flexibility index (Phi) is 5.86. The van der Waals surface area contributed by atoms with Crippen molar-refractivity contribution in [1.82, 2.24) is 10.3 Å². The molecule has 0 fully saturated rings. The third kappa shape index (κ3) is 3.74. The fourth-order valence-corrected chi connectivity index (χ4v) is 3.39. The van der Waals surface area contributed by atoms with E-state index >= 15 is 0 Å². The molecule has 1 aromatic carbocycles. The van der Waals surface area contributed by atoms with Crippen LogP contribution >= 0.6 is 11.8 Å². The fourth-order valence-electron chi connectivity index (χ4n) is 2.33. The molecule has 1 aromatic heterocycles. The van der Waals surface area contributed by atoms with Gasteiger partial charge in [-0.15, -0.1) is 0 Å². The van der Waals surface area contributed by atoms with Crippen LogP contribution in [0.4, 0.5) is 0 Å². The molecule has 108 valence electrons. The summed E-state index contributed by atoms with van der Waals surface area (Å²) in [5, 5.41) is 6.89. The Balaban J connectivity index is 2.26. The number of benzene rings is 1. The molecule has 2 rings (SSSR count). The number of nitrogens with zero attached hydrogens (tertiary/aromatic N) is 1. The standard InChI is InChI=1S/C17H24N2S/c1-4-13(3)20-12-17(19-5-2)16-8-6-7-14-11-18-10-9-15(14)16/h6-11,13,17,19H,4-5,12H2,1-3H3. The van der Waals surface area contributed by atoms with Gasteiger partial charge in [0.25, 0.3) is 0 Å². The van der Waals surface area contributed by atoms with Gasteiger partial charge in [0.2, 0.25) is 0 Å². The van der Waals surface area contributed by atoms with E-state index in [9.17, 15) is 0 Å². The normalized spacial score (nSPS) is 14.3. The first kappa shape index (κ1) is 15.3. The second-order valence-corrected chi connectivity index (χ2v) is 6.58. The van der Waals surface area contributed by atoms with Crippen LogP contribution in [-0.2, 0) is 0 Å². The van der Waals surface area contributed by atoms with E-state index in [1.165, 1.54) is 22.8 Å². The maximum absolute atomic E-state index is 4.22. The van der Waals surface area contributed by atoms with Crippen molar-refractivity contribution >= 4 is 22.5 Å². The van der Waals surface area contributed by atoms with E-state index in [0.29, 0.717) is 11.3 Å². The van der Waals surface area contributed by atoms with E-state index in [4.69, 9.17) is 0 Å². The number of pyridine rings is 1. The molecule has 2 nitrogen and oxygen atoms in total. The molecule has 0 bridgehead atoms. The van der Waals surface area contributed by atoms with Crippen LogP contribution in [0.3, 0.4) is 0 Å². The smallest absolute Gasteiger partial charge is 0.0418 e. The van der Waals surface area contributed by atoms with Crippen LogP contribution < -0.4 is 5.32 Å². The van der Waals surface area contributed by atoms with Crippen molar-refractivity contribution in [1.29, 1.82) is 0 Å². The zero-order chi connectivity index (χ0) is 14.4. The lowest BCUT2D eigenvalue weighted by Crippen LogP contribution is -2.24. The van der Waals surface area contributed by atoms with E-state index in [1.807, 2.05) is 24.2 Å². The average Bonchev–Trinajstić information content (AvgIpc) is 2.50. The van der Waals surface area contributed by atoms with Gasteiger partial charge in [0.1, 0.15) is 0 Å². The molecule has 0 spiro atoms. The Labute approximate surface area is 126 Å². The molecule has 2 atom stereocenters. The minimum absolute atomic E-state index is 0.408. The van der Waals surface area contributed by atoms with Gasteiger partial charge in [-0.2, -0.15) is 11.8 Å². The first-order chi connectivity index (χ1) is 9.76. The number of fused-ring (bicyclic) bond motifs is 1. The summed E-state index contributed by atoms with van der Waals surface area (Å²) in [6, 6.07) is 9.05. The Morgan fingerprint density at radius 2 is 2.10 bits per heavy atom. The van der Waals surface area contributed by atoms with Crippen molar-refractivity contribution in [2.24, 2.45) is 0 Å². The molecule has 20 heavy (non-hydrogen) atoms. The first-order valence-corrected chi connectivity index (χ1v) is 8.48. The van der Waals surface area contributed by atoms with Crippen LogP contribution in [-0.4, -0.2) is 22.5 Å². The highest BCUT2D eigenvalue weighted by molar-refractivity contribution is 7.99. The lowest BCUT2D eigenvalue weighted by molar-refractivity contribution is 0.608. The molecule has 3 heteroatoms. The number of nitrogens with one attached hydrogen (secondary N) is 1. The van der Waals surface area contributed by atoms with Crippen LogP contribution in [0.25, 0.3) is 10.8 Å². The van der Waals surface area contributed by atoms with E-state index in [0.717, 1.165) is 12.3 Å². The molecule has 1 N–H and O–H groups in total. The lowest BCUT2D eigenvalue weighted by atomic mass is 10.0. The van der Waals surface area contributed by atoms with Gasteiger partial charge in [-0.25, -0.2) is 0 Å². The SMILES string of the molecule is CCNC(CSC(C)CC)c1cccc2cnccc12. The van der Waals surface area contributed by atoms with Gasteiger partial charge in [0.05, 0.1) is 0 Å². The van der Waals surface area contributed by atoms with E-state index in [1.54, 1.807) is 0 Å². The highest BCUT2D eigenvalue weighted by atomic mass is 32.2. The predicted molar refractivity (Wildman–Crippen MR) is 90.4 cm³/mol. The molecule has 0 aliphatic carbocycles. The molecular weight excluding hydrogens is 264 g/mol. The Morgan fingerprint density at radius 1 is 1.25 bits per heavy atom. The zero-order valence-electron chi connectivity index (χ0n) is 12.6. The number of hydrogen-bond donors (Lipinski definition) is 1. The largest absolute Gasteiger partial charge is 0.309 e. The molecule has 1 heterocycles. The summed E-state index contributed by atoms with van der Waals surface area (Å²) in [4.78, 5) is 4.22. The molecule has 0 aliphatic heterocycles. The minimum Gasteiger partial charge on any atom is -0.309 e. The molecule has 0 aliphatic rings. The maximum Gasteiger partial charge on any atom is 0.0418 e. The summed E-state index contributed by atoms with van der Waals surface area (Å²) in [5.74, 6) is 1.12. The number of thioether (sulfide) groups is 1. The highest BCUT2D eigenvalue weighted by Crippen LogP contribution is 2.28. The molecule has 0 amide bonds. The third-order valence-corrected chi connectivity index (χ3v) is 5.09. The molecule has 0 saturated heterocycles. The molecular formula is C17H24N2S. The topological polar surface area (TPSA) is 24.9 Å². The summed E-state index contributed by atoms with van der Waals surface area (Å²) in [6.07, 6.45) is 5.06. The van der Waals surface area contributed by atoms with Crippen molar-refractivity contribution < 1.29 is 0 Å². The van der Waals surface area contributed by atoms with Gasteiger partial charge >= 0.3 is 0 Å². The second-order valence-electron chi connectivity index (χ2n) is 5.11. The Hall–Kier alpha value is -1.06. The summed E-state index contributed by atoms with van der Waals surface area (Å²) in [5.41, 5.74) is 1.39. The lowest BCUT2D eigenvalue weighted by Gasteiger charge is -2.21. The quantitative estimate of drug-likeness (QED) is 0.816. The fraction of sp³-hybridized carbons (Fsp3) is 0.471. The summed E-state index contributed by atoms with van der Waals surface area (Å²) in [6.45, 7) is 7.73. The second kappa shape index (κ2) is 7.65. The number of aromatic nitrogens is 1. The van der Waals surface area contributed by atoms with Crippen LogP contribution in [0.2, 0.25) is 0 Å². The van der Waals surface area contributed by atoms with Crippen molar-refractivity contribution in [2.45, 2.75) is 38.5 Å². The Bertz CT molecular complexity index is 536. The van der Waals surface area contributed by atoms with Crippen molar-refractivity contribution in [3.63, 3.8) is 0 Å². The zero-order valence-corrected chi connectivity index (χ0v) is 13.4. The van der Waals surface area contributed by atoms with Crippen molar-refractivity contribution in [2.75, 3.05) is 12.3 Å². The van der Waals surface area contributed by atoms with Crippen molar-refractivity contribution in [3.8, 4) is 0 Å². The molecule has 0 saturated carbocycles. The first-order valence-electron chi connectivity index (χ1n) is 7.43. The average molecular weight is 288 g/mol. The van der Waals surface area contributed by atoms with Crippen LogP contribution in [0.15, 0.2) is 36.7 Å². The summed E-state index contributed by atoms with van der Waals surface area (Å²) >= 11 is 2.05. The molecule has 0 radical (unpaired) electrons. The minimum atomic E-state index is 0.408. The monoisotopic (exact) mass is 288 g/mol. The summed E-state index contributed by atoms with van der Waals surface area (Å²) < 4.78 is 0. The Morgan fingerprint density at radius 3 is 2.85 bits per heavy atom. The van der Waals surface area contributed by atoms with E-state index in [2.05, 4.69) is 55.3 Å².